The van der Waals surface area contributed by atoms with Crippen LogP contribution in [0.15, 0.2) is 42.6 Å². The van der Waals surface area contributed by atoms with E-state index in [0.717, 1.165) is 29.3 Å². The van der Waals surface area contributed by atoms with Crippen LogP contribution >= 0.6 is 0 Å². The highest BCUT2D eigenvalue weighted by Gasteiger charge is 2.32. The maximum atomic E-state index is 13.3. The van der Waals surface area contributed by atoms with Crippen LogP contribution in [0.3, 0.4) is 0 Å². The normalized spacial score (nSPS) is 24.4. The lowest BCUT2D eigenvalue weighted by atomic mass is 9.97. The average Bonchev–Trinajstić information content (AvgIpc) is 3.48. The van der Waals surface area contributed by atoms with Crippen molar-refractivity contribution in [2.45, 2.75) is 57.0 Å². The topological polar surface area (TPSA) is 112 Å². The van der Waals surface area contributed by atoms with Crippen LogP contribution in [0.2, 0.25) is 0 Å². The molecule has 4 rings (SSSR count). The predicted molar refractivity (Wildman–Crippen MR) is 128 cm³/mol. The molecule has 2 amide bonds. The number of nitrogens with one attached hydrogen (secondary N) is 2. The number of likely N-dealkylation sites (tertiary alicyclic amines) is 1. The maximum absolute atomic E-state index is 13.3. The Hall–Kier alpha value is -3.13. The van der Waals surface area contributed by atoms with Crippen molar-refractivity contribution in [1.29, 1.82) is 0 Å². The second-order valence-electron chi connectivity index (χ2n) is 9.16. The predicted octanol–water partition coefficient (Wildman–Crippen LogP) is 2.47. The standard InChI is InChI=1S/C26H33N3O5/c30-16-21-8-6-12-29(21)24(31)14-18-7-2-1-3-11-25(32)34-17-20(28-26(18)33)13-19-15-27-23-10-5-4-9-22(19)23/h1-2,4-5,9-10,15,18,20-21,27,30H,3,6-8,11-14,16-17H2,(H,28,33)/t18-,20+,21+/m1/s1. The number of carbonyl (C=O) groups excluding carboxylic acids is 3. The Bertz CT molecular complexity index is 1050. The number of ether oxygens (including phenoxy) is 1. The molecule has 0 unspecified atom stereocenters. The van der Waals surface area contributed by atoms with Crippen molar-refractivity contribution >= 4 is 28.7 Å². The average molecular weight is 468 g/mol. The molecule has 2 aliphatic heterocycles. The molecule has 0 aliphatic carbocycles. The Balaban J connectivity index is 1.50. The molecule has 8 heteroatoms. The van der Waals surface area contributed by atoms with Gasteiger partial charge in [-0.3, -0.25) is 14.4 Å². The summed E-state index contributed by atoms with van der Waals surface area (Å²) in [5.41, 5.74) is 2.03. The van der Waals surface area contributed by atoms with Gasteiger partial charge in [-0.2, -0.15) is 0 Å². The van der Waals surface area contributed by atoms with Gasteiger partial charge in [0, 0.05) is 36.5 Å². The number of nitrogens with zero attached hydrogens (tertiary/aromatic N) is 1. The number of esters is 1. The van der Waals surface area contributed by atoms with Gasteiger partial charge in [-0.25, -0.2) is 0 Å². The van der Waals surface area contributed by atoms with E-state index in [1.165, 1.54) is 0 Å². The number of amides is 2. The van der Waals surface area contributed by atoms with E-state index in [0.29, 0.717) is 25.8 Å². The van der Waals surface area contributed by atoms with Crippen LogP contribution < -0.4 is 5.32 Å². The molecule has 3 heterocycles. The van der Waals surface area contributed by atoms with E-state index in [2.05, 4.69) is 10.3 Å². The Labute approximate surface area is 199 Å². The van der Waals surface area contributed by atoms with Crippen LogP contribution in [0.25, 0.3) is 10.9 Å². The van der Waals surface area contributed by atoms with Gasteiger partial charge < -0.3 is 25.0 Å². The van der Waals surface area contributed by atoms with Crippen LogP contribution in [0.5, 0.6) is 0 Å². The van der Waals surface area contributed by atoms with Crippen LogP contribution in [0.4, 0.5) is 0 Å². The minimum absolute atomic E-state index is 0.0550. The van der Waals surface area contributed by atoms with Crippen molar-refractivity contribution in [2.75, 3.05) is 19.8 Å². The summed E-state index contributed by atoms with van der Waals surface area (Å²) in [6, 6.07) is 7.36. The zero-order valence-electron chi connectivity index (χ0n) is 19.4. The van der Waals surface area contributed by atoms with Gasteiger partial charge in [0.1, 0.15) is 6.61 Å². The lowest BCUT2D eigenvalue weighted by Gasteiger charge is -2.26. The summed E-state index contributed by atoms with van der Waals surface area (Å²) in [6.07, 6.45) is 9.13. The molecule has 8 nitrogen and oxygen atoms in total. The minimum Gasteiger partial charge on any atom is -0.463 e. The number of cyclic esters (lactones) is 1. The van der Waals surface area contributed by atoms with Gasteiger partial charge in [0.2, 0.25) is 11.8 Å². The summed E-state index contributed by atoms with van der Waals surface area (Å²) in [6.45, 7) is 0.640. The lowest BCUT2D eigenvalue weighted by Crippen LogP contribution is -2.45. The molecular formula is C26H33N3O5. The second-order valence-corrected chi connectivity index (χ2v) is 9.16. The van der Waals surface area contributed by atoms with Crippen LogP contribution in [0, 0.1) is 5.92 Å². The highest BCUT2D eigenvalue weighted by atomic mass is 16.5. The fourth-order valence-corrected chi connectivity index (χ4v) is 4.85. The molecule has 34 heavy (non-hydrogen) atoms. The SMILES string of the molecule is O=C1CCC=CC[C@H](CC(=O)N2CCC[C@H]2CO)C(=O)N[C@@H](Cc2c[nH]c3ccccc23)CO1. The molecule has 2 aliphatic rings. The maximum Gasteiger partial charge on any atom is 0.306 e. The van der Waals surface area contributed by atoms with E-state index in [1.807, 2.05) is 42.6 Å². The van der Waals surface area contributed by atoms with Gasteiger partial charge in [-0.15, -0.1) is 0 Å². The third kappa shape index (κ3) is 5.86. The number of carbonyl (C=O) groups is 3. The van der Waals surface area contributed by atoms with E-state index in [9.17, 15) is 19.5 Å². The second kappa shape index (κ2) is 11.3. The van der Waals surface area contributed by atoms with E-state index in [1.54, 1.807) is 4.90 Å². The number of para-hydroxylation sites is 1. The van der Waals surface area contributed by atoms with Gasteiger partial charge in [0.15, 0.2) is 0 Å². The van der Waals surface area contributed by atoms with Gasteiger partial charge in [-0.05, 0) is 43.7 Å². The summed E-state index contributed by atoms with van der Waals surface area (Å²) in [4.78, 5) is 43.3. The van der Waals surface area contributed by atoms with Gasteiger partial charge in [0.05, 0.1) is 24.6 Å². The van der Waals surface area contributed by atoms with Gasteiger partial charge in [-0.1, -0.05) is 30.4 Å². The fourth-order valence-electron chi connectivity index (χ4n) is 4.85. The number of benzene rings is 1. The quantitative estimate of drug-likeness (QED) is 0.462. The molecule has 3 atom stereocenters. The Kier molecular flexibility index (Phi) is 8.00. The smallest absolute Gasteiger partial charge is 0.306 e. The molecule has 0 bridgehead atoms. The summed E-state index contributed by atoms with van der Waals surface area (Å²) in [5, 5.41) is 13.7. The zero-order chi connectivity index (χ0) is 23.9. The summed E-state index contributed by atoms with van der Waals surface area (Å²) in [7, 11) is 0. The molecule has 1 aromatic heterocycles. The number of aliphatic hydroxyl groups is 1. The Morgan fingerprint density at radius 2 is 2.06 bits per heavy atom. The van der Waals surface area contributed by atoms with Crippen molar-refractivity contribution in [1.82, 2.24) is 15.2 Å². The molecule has 3 N–H and O–H groups in total. The highest BCUT2D eigenvalue weighted by Crippen LogP contribution is 2.23. The van der Waals surface area contributed by atoms with Crippen molar-refractivity contribution in [3.8, 4) is 0 Å². The van der Waals surface area contributed by atoms with Crippen molar-refractivity contribution in [3.63, 3.8) is 0 Å². The molecule has 1 aromatic carbocycles. The third-order valence-electron chi connectivity index (χ3n) is 6.74. The third-order valence-corrected chi connectivity index (χ3v) is 6.74. The number of allylic oxidation sites excluding steroid dienone is 2. The van der Waals surface area contributed by atoms with Crippen molar-refractivity contribution in [2.24, 2.45) is 5.92 Å². The van der Waals surface area contributed by atoms with Gasteiger partial charge in [0.25, 0.3) is 0 Å². The zero-order valence-corrected chi connectivity index (χ0v) is 19.4. The molecule has 0 radical (unpaired) electrons. The number of aromatic nitrogens is 1. The molecule has 182 valence electrons. The summed E-state index contributed by atoms with van der Waals surface area (Å²) < 4.78 is 5.46. The molecule has 1 fully saturated rings. The molecule has 1 saturated heterocycles. The lowest BCUT2D eigenvalue weighted by molar-refractivity contribution is -0.145. The van der Waals surface area contributed by atoms with Crippen molar-refractivity contribution in [3.05, 3.63) is 48.2 Å². The number of rotatable bonds is 5. The Morgan fingerprint density at radius 3 is 2.91 bits per heavy atom. The first-order chi connectivity index (χ1) is 16.5. The van der Waals surface area contributed by atoms with Crippen LogP contribution in [-0.2, 0) is 25.5 Å². The van der Waals surface area contributed by atoms with E-state index < -0.39 is 12.0 Å². The van der Waals surface area contributed by atoms with E-state index >= 15 is 0 Å². The highest BCUT2D eigenvalue weighted by molar-refractivity contribution is 5.87. The number of fused-ring (bicyclic) bond motifs is 1. The minimum atomic E-state index is -0.524. The first kappa shape index (κ1) is 24.0. The number of aliphatic hydroxyl groups excluding tert-OH is 1. The first-order valence-corrected chi connectivity index (χ1v) is 12.1. The number of H-pyrrole nitrogens is 1. The molecule has 2 aromatic rings. The largest absolute Gasteiger partial charge is 0.463 e. The molecule has 0 spiro atoms. The van der Waals surface area contributed by atoms with Crippen LogP contribution in [0.1, 0.15) is 44.1 Å². The summed E-state index contributed by atoms with van der Waals surface area (Å²) >= 11 is 0. The first-order valence-electron chi connectivity index (χ1n) is 12.1. The van der Waals surface area contributed by atoms with Crippen molar-refractivity contribution < 1.29 is 24.2 Å². The molecule has 0 saturated carbocycles. The monoisotopic (exact) mass is 467 g/mol. The summed E-state index contributed by atoms with van der Waals surface area (Å²) in [5.74, 6) is -1.14. The number of hydrogen-bond acceptors (Lipinski definition) is 5. The molecular weight excluding hydrogens is 434 g/mol. The van der Waals surface area contributed by atoms with Gasteiger partial charge >= 0.3 is 5.97 Å². The number of aromatic amines is 1. The number of hydrogen-bond donors (Lipinski definition) is 3. The Morgan fingerprint density at radius 1 is 1.21 bits per heavy atom. The van der Waals surface area contributed by atoms with E-state index in [4.69, 9.17) is 4.74 Å². The van der Waals surface area contributed by atoms with Crippen LogP contribution in [-0.4, -0.2) is 64.6 Å². The van der Waals surface area contributed by atoms with E-state index in [-0.39, 0.29) is 49.9 Å². The fraction of sp³-hybridized carbons (Fsp3) is 0.500.